The summed E-state index contributed by atoms with van der Waals surface area (Å²) in [5.74, 6) is -0.463. The Bertz CT molecular complexity index is 1060. The first-order valence-corrected chi connectivity index (χ1v) is 9.43. The van der Waals surface area contributed by atoms with Crippen LogP contribution in [0.4, 0.5) is 0 Å². The molecule has 2 aromatic carbocycles. The number of methoxy groups -OCH3 is 1. The maximum absolute atomic E-state index is 13.3. The van der Waals surface area contributed by atoms with Crippen LogP contribution in [0.1, 0.15) is 27.2 Å². The van der Waals surface area contributed by atoms with Crippen molar-refractivity contribution in [2.45, 2.75) is 25.9 Å². The van der Waals surface area contributed by atoms with Gasteiger partial charge in [-0.2, -0.15) is 0 Å². The molecule has 3 aromatic rings. The van der Waals surface area contributed by atoms with Gasteiger partial charge in [-0.15, -0.1) is 0 Å². The first-order valence-electron chi connectivity index (χ1n) is 8.64. The maximum atomic E-state index is 13.3. The van der Waals surface area contributed by atoms with Crippen LogP contribution >= 0.6 is 15.9 Å². The Balaban J connectivity index is 1.77. The third-order valence-corrected chi connectivity index (χ3v) is 5.57. The van der Waals surface area contributed by atoms with E-state index in [1.165, 1.54) is 7.11 Å². The highest BCUT2D eigenvalue weighted by molar-refractivity contribution is 9.10. The number of ether oxygens (including phenoxy) is 1. The number of furan rings is 1. The molecule has 2 heterocycles. The number of rotatable bonds is 2. The molecule has 1 unspecified atom stereocenters. The van der Waals surface area contributed by atoms with Crippen LogP contribution in [0.3, 0.4) is 0 Å². The number of nitrogens with zero attached hydrogens (tertiary/aromatic N) is 1. The van der Waals surface area contributed by atoms with Crippen molar-refractivity contribution < 1.29 is 18.7 Å². The van der Waals surface area contributed by atoms with Gasteiger partial charge in [-0.05, 0) is 36.2 Å². The van der Waals surface area contributed by atoms with E-state index in [1.807, 2.05) is 49.4 Å². The van der Waals surface area contributed by atoms with E-state index in [4.69, 9.17) is 9.15 Å². The van der Waals surface area contributed by atoms with Crippen molar-refractivity contribution in [2.24, 2.45) is 0 Å². The predicted molar refractivity (Wildman–Crippen MR) is 104 cm³/mol. The van der Waals surface area contributed by atoms with E-state index in [9.17, 15) is 9.59 Å². The van der Waals surface area contributed by atoms with Crippen molar-refractivity contribution in [2.75, 3.05) is 7.11 Å². The molecule has 0 saturated heterocycles. The topological polar surface area (TPSA) is 59.8 Å². The average Bonchev–Trinajstić information content (AvgIpc) is 3.01. The normalized spacial score (nSPS) is 16.3. The van der Waals surface area contributed by atoms with E-state index < -0.39 is 12.0 Å². The van der Waals surface area contributed by atoms with E-state index in [-0.39, 0.29) is 11.7 Å². The molecule has 27 heavy (non-hydrogen) atoms. The van der Waals surface area contributed by atoms with Gasteiger partial charge in [0.15, 0.2) is 5.76 Å². The number of carbonyl (C=O) groups is 2. The number of benzene rings is 2. The number of carbonyl (C=O) groups excluding carboxylic acids is 2. The first kappa shape index (κ1) is 17.8. The molecule has 0 spiro atoms. The van der Waals surface area contributed by atoms with Crippen LogP contribution in [0.2, 0.25) is 0 Å². The molecule has 0 radical (unpaired) electrons. The van der Waals surface area contributed by atoms with Gasteiger partial charge in [0.25, 0.3) is 5.91 Å². The second-order valence-electron chi connectivity index (χ2n) is 6.64. The molecule has 138 valence electrons. The van der Waals surface area contributed by atoms with Crippen molar-refractivity contribution in [1.82, 2.24) is 4.90 Å². The summed E-state index contributed by atoms with van der Waals surface area (Å²) in [4.78, 5) is 27.2. The van der Waals surface area contributed by atoms with Crippen molar-refractivity contribution >= 4 is 38.8 Å². The van der Waals surface area contributed by atoms with E-state index >= 15 is 0 Å². The van der Waals surface area contributed by atoms with Crippen molar-refractivity contribution in [1.29, 1.82) is 0 Å². The molecule has 0 saturated carbocycles. The van der Waals surface area contributed by atoms with Crippen LogP contribution in [-0.2, 0) is 22.5 Å². The summed E-state index contributed by atoms with van der Waals surface area (Å²) in [6, 6.07) is 12.8. The Hall–Kier alpha value is -2.60. The molecule has 0 N–H and O–H groups in total. The molecule has 6 heteroatoms. The molecule has 0 bridgehead atoms. The Kier molecular flexibility index (Phi) is 4.52. The number of amides is 1. The Labute approximate surface area is 165 Å². The van der Waals surface area contributed by atoms with E-state index in [0.717, 1.165) is 26.5 Å². The zero-order valence-corrected chi connectivity index (χ0v) is 16.6. The van der Waals surface area contributed by atoms with E-state index in [1.54, 1.807) is 4.90 Å². The van der Waals surface area contributed by atoms with Crippen LogP contribution in [-0.4, -0.2) is 29.9 Å². The van der Waals surface area contributed by atoms with Crippen LogP contribution in [0, 0.1) is 6.92 Å². The standard InChI is InChI=1S/C21H18BrNO4/c1-12-16-10-15(22)7-8-18(16)27-19(12)20(24)23-11-14-6-4-3-5-13(14)9-17(23)21(25)26-2/h3-8,10,17H,9,11H2,1-2H3. The average molecular weight is 428 g/mol. The lowest BCUT2D eigenvalue weighted by Crippen LogP contribution is -2.49. The van der Waals surface area contributed by atoms with Gasteiger partial charge in [0.1, 0.15) is 11.6 Å². The minimum absolute atomic E-state index is 0.261. The second-order valence-corrected chi connectivity index (χ2v) is 7.56. The summed E-state index contributed by atoms with van der Waals surface area (Å²) in [7, 11) is 1.34. The summed E-state index contributed by atoms with van der Waals surface area (Å²) in [6.45, 7) is 2.20. The van der Waals surface area contributed by atoms with Gasteiger partial charge in [0.2, 0.25) is 0 Å². The maximum Gasteiger partial charge on any atom is 0.328 e. The Morgan fingerprint density at radius 2 is 1.93 bits per heavy atom. The van der Waals surface area contributed by atoms with Crippen LogP contribution < -0.4 is 0 Å². The molecule has 1 aromatic heterocycles. The van der Waals surface area contributed by atoms with Gasteiger partial charge in [0, 0.05) is 28.4 Å². The number of hydrogen-bond donors (Lipinski definition) is 0. The fraction of sp³-hybridized carbons (Fsp3) is 0.238. The lowest BCUT2D eigenvalue weighted by molar-refractivity contribution is -0.146. The number of esters is 1. The minimum atomic E-state index is -0.670. The van der Waals surface area contributed by atoms with Crippen LogP contribution in [0.15, 0.2) is 51.4 Å². The molecular weight excluding hydrogens is 410 g/mol. The number of fused-ring (bicyclic) bond motifs is 2. The first-order chi connectivity index (χ1) is 13.0. The summed E-state index contributed by atoms with van der Waals surface area (Å²) in [5.41, 5.74) is 3.49. The molecule has 1 aliphatic heterocycles. The SMILES string of the molecule is COC(=O)C1Cc2ccccc2CN1C(=O)c1oc2ccc(Br)cc2c1C. The van der Waals surface area contributed by atoms with Crippen molar-refractivity contribution in [3.8, 4) is 0 Å². The molecule has 1 atom stereocenters. The predicted octanol–water partition coefficient (Wildman–Crippen LogP) is 4.24. The summed E-state index contributed by atoms with van der Waals surface area (Å²) in [6.07, 6.45) is 0.430. The second kappa shape index (κ2) is 6.85. The van der Waals surface area contributed by atoms with E-state index in [2.05, 4.69) is 15.9 Å². The number of hydrogen-bond acceptors (Lipinski definition) is 4. The van der Waals surface area contributed by atoms with Gasteiger partial charge >= 0.3 is 5.97 Å². The minimum Gasteiger partial charge on any atom is -0.467 e. The Morgan fingerprint density at radius 3 is 2.67 bits per heavy atom. The van der Waals surface area contributed by atoms with Gasteiger partial charge in [-0.25, -0.2) is 4.79 Å². The molecule has 4 rings (SSSR count). The highest BCUT2D eigenvalue weighted by Gasteiger charge is 2.37. The van der Waals surface area contributed by atoms with Gasteiger partial charge in [0.05, 0.1) is 7.11 Å². The zero-order chi connectivity index (χ0) is 19.1. The highest BCUT2D eigenvalue weighted by Crippen LogP contribution is 2.31. The summed E-state index contributed by atoms with van der Waals surface area (Å²) < 4.78 is 11.7. The third-order valence-electron chi connectivity index (χ3n) is 5.08. The van der Waals surface area contributed by atoms with Gasteiger partial charge in [-0.1, -0.05) is 40.2 Å². The molecule has 0 fully saturated rings. The quantitative estimate of drug-likeness (QED) is 0.573. The largest absolute Gasteiger partial charge is 0.467 e. The lowest BCUT2D eigenvalue weighted by Gasteiger charge is -2.34. The van der Waals surface area contributed by atoms with Gasteiger partial charge in [-0.3, -0.25) is 4.79 Å². The van der Waals surface area contributed by atoms with Crippen LogP contribution in [0.25, 0.3) is 11.0 Å². The van der Waals surface area contributed by atoms with Gasteiger partial charge < -0.3 is 14.1 Å². The summed E-state index contributed by atoms with van der Waals surface area (Å²) >= 11 is 3.45. The highest BCUT2D eigenvalue weighted by atomic mass is 79.9. The fourth-order valence-electron chi connectivity index (χ4n) is 3.61. The Morgan fingerprint density at radius 1 is 1.19 bits per heavy atom. The molecular formula is C21H18BrNO4. The molecule has 1 aliphatic rings. The number of halogens is 1. The van der Waals surface area contributed by atoms with Crippen LogP contribution in [0.5, 0.6) is 0 Å². The monoisotopic (exact) mass is 427 g/mol. The van der Waals surface area contributed by atoms with Crippen molar-refractivity contribution in [3.05, 3.63) is 69.4 Å². The smallest absolute Gasteiger partial charge is 0.328 e. The van der Waals surface area contributed by atoms with E-state index in [0.29, 0.717) is 18.5 Å². The lowest BCUT2D eigenvalue weighted by atomic mass is 9.93. The summed E-state index contributed by atoms with van der Waals surface area (Å²) in [5, 5.41) is 0.875. The third kappa shape index (κ3) is 3.04. The fourth-order valence-corrected chi connectivity index (χ4v) is 3.97. The zero-order valence-electron chi connectivity index (χ0n) is 15.0. The number of aryl methyl sites for hydroxylation is 1. The molecule has 5 nitrogen and oxygen atoms in total. The molecule has 1 amide bonds. The van der Waals surface area contributed by atoms with Crippen molar-refractivity contribution in [3.63, 3.8) is 0 Å². The molecule has 0 aliphatic carbocycles.